The van der Waals surface area contributed by atoms with Crippen LogP contribution in [0.15, 0.2) is 71.3 Å². The van der Waals surface area contributed by atoms with Crippen LogP contribution in [0.1, 0.15) is 35.8 Å². The minimum Gasteiger partial charge on any atom is -0.467 e. The third-order valence-electron chi connectivity index (χ3n) is 5.96. The molecule has 0 spiro atoms. The van der Waals surface area contributed by atoms with E-state index >= 15 is 0 Å². The Labute approximate surface area is 191 Å². The molecule has 1 aliphatic rings. The quantitative estimate of drug-likeness (QED) is 0.451. The lowest BCUT2D eigenvalue weighted by atomic mass is 9.98. The number of carbonyl (C=O) groups is 2. The fraction of sp³-hybridized carbons (Fsp3) is 0.280. The zero-order valence-corrected chi connectivity index (χ0v) is 18.3. The summed E-state index contributed by atoms with van der Waals surface area (Å²) in [6, 6.07) is 18.1. The number of aryl methyl sites for hydroxylation is 1. The van der Waals surface area contributed by atoms with Gasteiger partial charge in [-0.05, 0) is 55.2 Å². The number of hydrogen-bond acceptors (Lipinski definition) is 5. The maximum absolute atomic E-state index is 13.6. The summed E-state index contributed by atoms with van der Waals surface area (Å²) in [5.74, 6) is 0.268. The number of benzene rings is 2. The number of rotatable bonds is 8. The van der Waals surface area contributed by atoms with E-state index in [9.17, 15) is 9.59 Å². The summed E-state index contributed by atoms with van der Waals surface area (Å²) >= 11 is 0. The van der Waals surface area contributed by atoms with E-state index in [1.165, 1.54) is 0 Å². The molecule has 4 aromatic rings. The van der Waals surface area contributed by atoms with Gasteiger partial charge >= 0.3 is 0 Å². The second kappa shape index (κ2) is 8.90. The third kappa shape index (κ3) is 4.37. The fourth-order valence-corrected chi connectivity index (χ4v) is 4.15. The molecule has 0 bridgehead atoms. The van der Waals surface area contributed by atoms with Crippen molar-refractivity contribution in [3.05, 3.63) is 83.8 Å². The summed E-state index contributed by atoms with van der Waals surface area (Å²) in [6.45, 7) is 2.24. The number of amides is 2. The fourth-order valence-electron chi connectivity index (χ4n) is 4.15. The maximum atomic E-state index is 13.6. The van der Waals surface area contributed by atoms with E-state index in [2.05, 4.69) is 15.6 Å². The summed E-state index contributed by atoms with van der Waals surface area (Å²) in [4.78, 5) is 28.9. The highest BCUT2D eigenvalue weighted by molar-refractivity contribution is 5.90. The summed E-state index contributed by atoms with van der Waals surface area (Å²) in [5, 5.41) is 11.3. The lowest BCUT2D eigenvalue weighted by Gasteiger charge is -2.32. The Morgan fingerprint density at radius 2 is 1.91 bits per heavy atom. The van der Waals surface area contributed by atoms with Gasteiger partial charge < -0.3 is 14.6 Å². The number of nitrogens with zero attached hydrogens (tertiary/aromatic N) is 4. The maximum Gasteiger partial charge on any atom is 0.247 e. The van der Waals surface area contributed by atoms with Crippen LogP contribution in [-0.2, 0) is 22.7 Å². The number of carbonyl (C=O) groups excluding carboxylic acids is 2. The molecule has 33 heavy (non-hydrogen) atoms. The van der Waals surface area contributed by atoms with E-state index in [4.69, 9.17) is 4.42 Å². The highest BCUT2D eigenvalue weighted by Gasteiger charge is 2.41. The van der Waals surface area contributed by atoms with Crippen LogP contribution < -0.4 is 5.32 Å². The number of aromatic nitrogens is 3. The third-order valence-corrected chi connectivity index (χ3v) is 5.96. The minimum atomic E-state index is -0.740. The van der Waals surface area contributed by atoms with Crippen molar-refractivity contribution < 1.29 is 14.0 Å². The van der Waals surface area contributed by atoms with E-state index in [1.54, 1.807) is 21.9 Å². The van der Waals surface area contributed by atoms with E-state index < -0.39 is 6.04 Å². The van der Waals surface area contributed by atoms with Gasteiger partial charge in [-0.2, -0.15) is 0 Å². The first kappa shape index (κ1) is 20.9. The van der Waals surface area contributed by atoms with Gasteiger partial charge in [0.05, 0.1) is 18.3 Å². The molecule has 0 aliphatic heterocycles. The van der Waals surface area contributed by atoms with Crippen LogP contribution >= 0.6 is 0 Å². The number of nitrogens with one attached hydrogen (secondary N) is 1. The van der Waals surface area contributed by atoms with Crippen molar-refractivity contribution in [2.24, 2.45) is 0 Å². The van der Waals surface area contributed by atoms with Crippen LogP contribution in [0.4, 0.5) is 0 Å². The molecule has 1 atom stereocenters. The molecule has 1 N–H and O–H groups in total. The van der Waals surface area contributed by atoms with E-state index in [0.29, 0.717) is 5.76 Å². The van der Waals surface area contributed by atoms with Crippen molar-refractivity contribution in [1.29, 1.82) is 0 Å². The molecule has 2 amide bonds. The number of furan rings is 1. The van der Waals surface area contributed by atoms with Gasteiger partial charge in [-0.1, -0.05) is 41.6 Å². The first-order chi connectivity index (χ1) is 16.1. The smallest absolute Gasteiger partial charge is 0.247 e. The summed E-state index contributed by atoms with van der Waals surface area (Å²) in [7, 11) is 0. The van der Waals surface area contributed by atoms with Gasteiger partial charge in [0.25, 0.3) is 0 Å². The number of para-hydroxylation sites is 1. The largest absolute Gasteiger partial charge is 0.467 e. The van der Waals surface area contributed by atoms with Crippen LogP contribution in [0.5, 0.6) is 0 Å². The normalized spacial score (nSPS) is 14.2. The van der Waals surface area contributed by atoms with Crippen LogP contribution in [0, 0.1) is 6.92 Å². The van der Waals surface area contributed by atoms with Gasteiger partial charge in [0.2, 0.25) is 11.8 Å². The van der Waals surface area contributed by atoms with E-state index in [0.717, 1.165) is 35.0 Å². The Morgan fingerprint density at radius 1 is 1.12 bits per heavy atom. The van der Waals surface area contributed by atoms with Gasteiger partial charge in [0, 0.05) is 6.04 Å². The predicted octanol–water partition coefficient (Wildman–Crippen LogP) is 3.38. The molecule has 1 saturated carbocycles. The first-order valence-corrected chi connectivity index (χ1v) is 11.1. The standard InChI is InChI=1S/C25H25N5O3/c1-17-7-2-3-9-20(17)24(25(32)26-15-19-8-6-14-33-19)30(18-12-13-18)23(31)16-29-22-11-5-4-10-21(22)27-28-29/h2-11,14,18,24H,12-13,15-16H2,1H3,(H,26,32). The van der Waals surface area contributed by atoms with Gasteiger partial charge in [-0.25, -0.2) is 4.68 Å². The zero-order chi connectivity index (χ0) is 22.8. The Balaban J connectivity index is 1.46. The lowest BCUT2D eigenvalue weighted by Crippen LogP contribution is -2.46. The Morgan fingerprint density at radius 3 is 2.67 bits per heavy atom. The van der Waals surface area contributed by atoms with Crippen LogP contribution in [0.25, 0.3) is 11.0 Å². The van der Waals surface area contributed by atoms with Crippen molar-refractivity contribution in [2.75, 3.05) is 0 Å². The van der Waals surface area contributed by atoms with Crippen molar-refractivity contribution in [3.8, 4) is 0 Å². The predicted molar refractivity (Wildman–Crippen MR) is 122 cm³/mol. The van der Waals surface area contributed by atoms with Gasteiger partial charge in [0.1, 0.15) is 23.9 Å². The molecule has 2 aromatic heterocycles. The Hall–Kier alpha value is -3.94. The zero-order valence-electron chi connectivity index (χ0n) is 18.3. The first-order valence-electron chi connectivity index (χ1n) is 11.1. The molecule has 0 saturated heterocycles. The average molecular weight is 444 g/mol. The highest BCUT2D eigenvalue weighted by Crippen LogP contribution is 2.36. The van der Waals surface area contributed by atoms with Crippen molar-refractivity contribution in [2.45, 2.75) is 44.9 Å². The topological polar surface area (TPSA) is 93.3 Å². The molecule has 8 nitrogen and oxygen atoms in total. The van der Waals surface area contributed by atoms with Gasteiger partial charge in [-0.3, -0.25) is 9.59 Å². The lowest BCUT2D eigenvalue weighted by molar-refractivity contribution is -0.142. The molecule has 1 fully saturated rings. The van der Waals surface area contributed by atoms with Crippen molar-refractivity contribution in [3.63, 3.8) is 0 Å². The molecular weight excluding hydrogens is 418 g/mol. The molecule has 2 heterocycles. The average Bonchev–Trinajstić information content (AvgIpc) is 3.36. The summed E-state index contributed by atoms with van der Waals surface area (Å²) < 4.78 is 6.96. The Kier molecular flexibility index (Phi) is 5.64. The van der Waals surface area contributed by atoms with Crippen molar-refractivity contribution >= 4 is 22.8 Å². The minimum absolute atomic E-state index is 0.0187. The van der Waals surface area contributed by atoms with E-state index in [-0.39, 0.29) is 30.9 Å². The molecule has 1 unspecified atom stereocenters. The molecule has 1 aliphatic carbocycles. The van der Waals surface area contributed by atoms with Crippen LogP contribution in [0.2, 0.25) is 0 Å². The molecule has 2 aromatic carbocycles. The second-order valence-electron chi connectivity index (χ2n) is 8.32. The highest BCUT2D eigenvalue weighted by atomic mass is 16.3. The molecular formula is C25H25N5O3. The van der Waals surface area contributed by atoms with E-state index in [1.807, 2.05) is 61.5 Å². The van der Waals surface area contributed by atoms with Crippen molar-refractivity contribution in [1.82, 2.24) is 25.2 Å². The molecule has 5 rings (SSSR count). The SMILES string of the molecule is Cc1ccccc1C(C(=O)NCc1ccco1)N(C(=O)Cn1nnc2ccccc21)C1CC1. The summed E-state index contributed by atoms with van der Waals surface area (Å²) in [5.41, 5.74) is 3.30. The van der Waals surface area contributed by atoms with Gasteiger partial charge in [-0.15, -0.1) is 5.10 Å². The summed E-state index contributed by atoms with van der Waals surface area (Å²) in [6.07, 6.45) is 3.32. The second-order valence-corrected chi connectivity index (χ2v) is 8.32. The number of fused-ring (bicyclic) bond motifs is 1. The molecule has 0 radical (unpaired) electrons. The van der Waals surface area contributed by atoms with Gasteiger partial charge in [0.15, 0.2) is 0 Å². The van der Waals surface area contributed by atoms with Crippen LogP contribution in [0.3, 0.4) is 0 Å². The molecule has 8 heteroatoms. The number of hydrogen-bond donors (Lipinski definition) is 1. The van der Waals surface area contributed by atoms with Crippen LogP contribution in [-0.4, -0.2) is 37.7 Å². The Bertz CT molecular complexity index is 1280. The monoisotopic (exact) mass is 443 g/mol. The molecule has 168 valence electrons.